The maximum atomic E-state index is 13.4. The molecule has 200 valence electrons. The predicted octanol–water partition coefficient (Wildman–Crippen LogP) is 6.49. The zero-order valence-electron chi connectivity index (χ0n) is 21.8. The molecule has 5 rings (SSSR count). The third-order valence-electron chi connectivity index (χ3n) is 6.40. The fraction of sp³-hybridized carbons (Fsp3) is 0.129. The lowest BCUT2D eigenvalue weighted by Gasteiger charge is -2.20. The highest BCUT2D eigenvalue weighted by atomic mass is 32.2. The van der Waals surface area contributed by atoms with E-state index in [1.165, 1.54) is 23.9 Å². The monoisotopic (exact) mass is 549 g/mol. The summed E-state index contributed by atoms with van der Waals surface area (Å²) in [5, 5.41) is 24.2. The Balaban J connectivity index is 1.55. The molecule has 1 unspecified atom stereocenters. The average Bonchev–Trinajstić information content (AvgIpc) is 3.41. The van der Waals surface area contributed by atoms with Crippen LogP contribution < -0.4 is 5.32 Å². The van der Waals surface area contributed by atoms with E-state index in [2.05, 4.69) is 15.5 Å². The van der Waals surface area contributed by atoms with Gasteiger partial charge in [0.15, 0.2) is 11.0 Å². The van der Waals surface area contributed by atoms with Gasteiger partial charge in [-0.2, -0.15) is 0 Å². The topological polar surface area (TPSA) is 103 Å². The molecule has 8 nitrogen and oxygen atoms in total. The van der Waals surface area contributed by atoms with E-state index >= 15 is 0 Å². The number of carbonyl (C=O) groups excluding carboxylic acids is 1. The first-order chi connectivity index (χ1) is 19.5. The molecule has 0 aliphatic carbocycles. The van der Waals surface area contributed by atoms with Gasteiger partial charge in [-0.25, -0.2) is 0 Å². The van der Waals surface area contributed by atoms with Crippen LogP contribution in [0.25, 0.3) is 5.69 Å². The van der Waals surface area contributed by atoms with Crippen LogP contribution in [0.1, 0.15) is 38.9 Å². The molecule has 0 saturated carbocycles. The minimum absolute atomic E-state index is 0.00891. The summed E-state index contributed by atoms with van der Waals surface area (Å²) in [7, 11) is 0. The summed E-state index contributed by atoms with van der Waals surface area (Å²) >= 11 is 1.51. The molecule has 5 aromatic rings. The van der Waals surface area contributed by atoms with Gasteiger partial charge in [0.2, 0.25) is 0 Å². The number of rotatable bonds is 10. The number of carbonyl (C=O) groups is 1. The molecule has 0 aliphatic heterocycles. The second kappa shape index (κ2) is 12.4. The van der Waals surface area contributed by atoms with Crippen molar-refractivity contribution in [2.24, 2.45) is 0 Å². The Kier molecular flexibility index (Phi) is 8.32. The molecule has 0 radical (unpaired) electrons. The van der Waals surface area contributed by atoms with E-state index in [-0.39, 0.29) is 11.6 Å². The summed E-state index contributed by atoms with van der Waals surface area (Å²) in [5.74, 6) is 0.969. The highest BCUT2D eigenvalue weighted by Crippen LogP contribution is 2.30. The average molecular weight is 550 g/mol. The molecule has 0 saturated heterocycles. The number of aryl methyl sites for hydroxylation is 1. The number of hydrogen-bond acceptors (Lipinski definition) is 6. The SMILES string of the molecule is Cc1ccc(C(=O)NC(Cc2ccccc2)c2nnc(SCc3ccccc3)n2-c2ccc([N+](=O)[O-])cc2)cc1. The van der Waals surface area contributed by atoms with Gasteiger partial charge in [0.05, 0.1) is 11.0 Å². The van der Waals surface area contributed by atoms with Gasteiger partial charge in [0.1, 0.15) is 0 Å². The lowest BCUT2D eigenvalue weighted by Crippen LogP contribution is -2.32. The van der Waals surface area contributed by atoms with Gasteiger partial charge >= 0.3 is 0 Å². The number of thioether (sulfide) groups is 1. The number of nitro groups is 1. The first-order valence-electron chi connectivity index (χ1n) is 12.8. The number of aromatic nitrogens is 3. The Hall–Kier alpha value is -4.76. The highest BCUT2D eigenvalue weighted by molar-refractivity contribution is 7.98. The van der Waals surface area contributed by atoms with Gasteiger partial charge in [-0.05, 0) is 48.7 Å². The van der Waals surface area contributed by atoms with Crippen molar-refractivity contribution in [3.63, 3.8) is 0 Å². The van der Waals surface area contributed by atoms with Gasteiger partial charge in [-0.3, -0.25) is 19.5 Å². The van der Waals surface area contributed by atoms with Gasteiger partial charge < -0.3 is 5.32 Å². The van der Waals surface area contributed by atoms with Crippen molar-refractivity contribution in [2.75, 3.05) is 0 Å². The Bertz CT molecular complexity index is 1590. The first-order valence-corrected chi connectivity index (χ1v) is 13.7. The molecule has 0 aliphatic rings. The van der Waals surface area contributed by atoms with Gasteiger partial charge in [0, 0.05) is 29.1 Å². The fourth-order valence-corrected chi connectivity index (χ4v) is 5.21. The lowest BCUT2D eigenvalue weighted by atomic mass is 10.0. The molecule has 1 atom stereocenters. The van der Waals surface area contributed by atoms with Gasteiger partial charge in [-0.1, -0.05) is 90.1 Å². The van der Waals surface area contributed by atoms with E-state index < -0.39 is 11.0 Å². The van der Waals surface area contributed by atoms with Crippen molar-refractivity contribution in [3.05, 3.63) is 147 Å². The van der Waals surface area contributed by atoms with E-state index in [0.717, 1.165) is 16.7 Å². The van der Waals surface area contributed by atoms with Crippen LogP contribution in [0.4, 0.5) is 5.69 Å². The standard InChI is InChI=1S/C31H27N5O3S/c1-22-12-14-25(15-13-22)30(37)32-28(20-23-8-4-2-5-9-23)29-33-34-31(40-21-24-10-6-3-7-11-24)35(29)26-16-18-27(19-17-26)36(38)39/h2-19,28H,20-21H2,1H3,(H,32,37). The van der Waals surface area contributed by atoms with Crippen molar-refractivity contribution in [1.82, 2.24) is 20.1 Å². The van der Waals surface area contributed by atoms with Crippen LogP contribution in [0.15, 0.2) is 114 Å². The van der Waals surface area contributed by atoms with Crippen LogP contribution in [-0.4, -0.2) is 25.6 Å². The summed E-state index contributed by atoms with van der Waals surface area (Å²) in [6, 6.07) is 33.0. The van der Waals surface area contributed by atoms with Crippen molar-refractivity contribution < 1.29 is 9.72 Å². The second-order valence-corrected chi connectivity index (χ2v) is 10.2. The number of benzene rings is 4. The number of nitrogens with zero attached hydrogens (tertiary/aromatic N) is 4. The summed E-state index contributed by atoms with van der Waals surface area (Å²) in [6.07, 6.45) is 0.479. The van der Waals surface area contributed by atoms with Crippen LogP contribution in [0.2, 0.25) is 0 Å². The van der Waals surface area contributed by atoms with Gasteiger partial charge in [-0.15, -0.1) is 10.2 Å². The number of nitro benzene ring substituents is 1. The van der Waals surface area contributed by atoms with E-state index in [0.29, 0.717) is 34.4 Å². The molecule has 0 fully saturated rings. The summed E-state index contributed by atoms with van der Waals surface area (Å²) in [6.45, 7) is 1.97. The zero-order valence-corrected chi connectivity index (χ0v) is 22.6. The maximum Gasteiger partial charge on any atom is 0.269 e. The van der Waals surface area contributed by atoms with E-state index in [1.54, 1.807) is 24.3 Å². The number of non-ortho nitro benzene ring substituents is 1. The molecule has 0 bridgehead atoms. The summed E-state index contributed by atoms with van der Waals surface area (Å²) in [5.41, 5.74) is 4.42. The third kappa shape index (κ3) is 6.44. The lowest BCUT2D eigenvalue weighted by molar-refractivity contribution is -0.384. The largest absolute Gasteiger partial charge is 0.342 e. The third-order valence-corrected chi connectivity index (χ3v) is 7.40. The summed E-state index contributed by atoms with van der Waals surface area (Å²) in [4.78, 5) is 24.2. The molecule has 40 heavy (non-hydrogen) atoms. The smallest absolute Gasteiger partial charge is 0.269 e. The quantitative estimate of drug-likeness (QED) is 0.121. The number of nitrogens with one attached hydrogen (secondary N) is 1. The van der Waals surface area contributed by atoms with Crippen molar-refractivity contribution in [1.29, 1.82) is 0 Å². The Morgan fingerprint density at radius 3 is 2.12 bits per heavy atom. The maximum absolute atomic E-state index is 13.4. The fourth-order valence-electron chi connectivity index (χ4n) is 4.29. The van der Waals surface area contributed by atoms with Crippen LogP contribution in [0, 0.1) is 17.0 Å². The number of hydrogen-bond donors (Lipinski definition) is 1. The molecule has 9 heteroatoms. The molecule has 1 amide bonds. The van der Waals surface area contributed by atoms with E-state index in [9.17, 15) is 14.9 Å². The molecular weight excluding hydrogens is 522 g/mol. The Morgan fingerprint density at radius 2 is 1.50 bits per heavy atom. The van der Waals surface area contributed by atoms with Crippen LogP contribution in [-0.2, 0) is 12.2 Å². The van der Waals surface area contributed by atoms with Crippen molar-refractivity contribution in [3.8, 4) is 5.69 Å². The Labute approximate surface area is 236 Å². The normalized spacial score (nSPS) is 11.6. The van der Waals surface area contributed by atoms with Gasteiger partial charge in [0.25, 0.3) is 11.6 Å². The van der Waals surface area contributed by atoms with Crippen molar-refractivity contribution >= 4 is 23.4 Å². The molecular formula is C31H27N5O3S. The van der Waals surface area contributed by atoms with Crippen LogP contribution >= 0.6 is 11.8 Å². The van der Waals surface area contributed by atoms with E-state index in [4.69, 9.17) is 0 Å². The van der Waals surface area contributed by atoms with Crippen LogP contribution in [0.3, 0.4) is 0 Å². The number of amides is 1. The predicted molar refractivity (Wildman–Crippen MR) is 156 cm³/mol. The minimum atomic E-state index is -0.523. The summed E-state index contributed by atoms with van der Waals surface area (Å²) < 4.78 is 1.88. The highest BCUT2D eigenvalue weighted by Gasteiger charge is 2.26. The second-order valence-electron chi connectivity index (χ2n) is 9.31. The molecule has 1 aromatic heterocycles. The van der Waals surface area contributed by atoms with E-state index in [1.807, 2.05) is 84.3 Å². The molecule has 1 heterocycles. The van der Waals surface area contributed by atoms with Crippen LogP contribution in [0.5, 0.6) is 0 Å². The first kappa shape index (κ1) is 26.8. The molecule has 0 spiro atoms. The Morgan fingerprint density at radius 1 is 0.875 bits per heavy atom. The molecule has 1 N–H and O–H groups in total. The zero-order chi connectivity index (χ0) is 27.9. The molecule has 4 aromatic carbocycles. The van der Waals surface area contributed by atoms with Crippen molar-refractivity contribution in [2.45, 2.75) is 30.3 Å². The minimum Gasteiger partial charge on any atom is -0.342 e.